The predicted molar refractivity (Wildman–Crippen MR) is 92.0 cm³/mol. The third kappa shape index (κ3) is 5.35. The van der Waals surface area contributed by atoms with Gasteiger partial charge in [0.2, 0.25) is 0 Å². The molecule has 0 aliphatic heterocycles. The summed E-state index contributed by atoms with van der Waals surface area (Å²) < 4.78 is 38.4. The summed E-state index contributed by atoms with van der Waals surface area (Å²) in [4.78, 5) is 16.5. The maximum Gasteiger partial charge on any atom is 0.416 e. The Labute approximate surface area is 148 Å². The van der Waals surface area contributed by atoms with Crippen molar-refractivity contribution in [3.63, 3.8) is 0 Å². The molecule has 1 heterocycles. The molecule has 1 aromatic heterocycles. The van der Waals surface area contributed by atoms with Crippen LogP contribution in [0, 0.1) is 0 Å². The van der Waals surface area contributed by atoms with Gasteiger partial charge < -0.3 is 10.6 Å². The lowest BCUT2D eigenvalue weighted by molar-refractivity contribution is -0.137. The number of nitrogens with one attached hydrogen (secondary N) is 2. The van der Waals surface area contributed by atoms with E-state index in [4.69, 9.17) is 11.6 Å². The normalized spacial score (nSPS) is 12.0. The SMILES string of the molecule is CC(C)(C)Nc1cc(C(=O)Nc2cc(C(F)(F)F)ccc2Cl)ccn1. The van der Waals surface area contributed by atoms with E-state index < -0.39 is 17.6 Å². The molecule has 2 rings (SSSR count). The summed E-state index contributed by atoms with van der Waals surface area (Å²) in [6, 6.07) is 5.73. The van der Waals surface area contributed by atoms with Crippen LogP contribution in [0.5, 0.6) is 0 Å². The monoisotopic (exact) mass is 371 g/mol. The Morgan fingerprint density at radius 2 is 1.80 bits per heavy atom. The number of hydrogen-bond donors (Lipinski definition) is 2. The summed E-state index contributed by atoms with van der Waals surface area (Å²) in [7, 11) is 0. The van der Waals surface area contributed by atoms with Crippen molar-refractivity contribution in [2.45, 2.75) is 32.5 Å². The molecule has 1 aromatic carbocycles. The molecule has 0 aliphatic rings. The molecule has 134 valence electrons. The summed E-state index contributed by atoms with van der Waals surface area (Å²) in [6.07, 6.45) is -3.08. The molecule has 0 bridgehead atoms. The third-order valence-electron chi connectivity index (χ3n) is 3.07. The van der Waals surface area contributed by atoms with Crippen LogP contribution in [0.1, 0.15) is 36.7 Å². The zero-order valence-corrected chi connectivity index (χ0v) is 14.6. The number of rotatable bonds is 3. The minimum atomic E-state index is -4.52. The van der Waals surface area contributed by atoms with Crippen LogP contribution in [0.2, 0.25) is 5.02 Å². The van der Waals surface area contributed by atoms with Gasteiger partial charge in [-0.05, 0) is 51.1 Å². The molecule has 1 amide bonds. The van der Waals surface area contributed by atoms with Crippen LogP contribution in [-0.4, -0.2) is 16.4 Å². The van der Waals surface area contributed by atoms with Crippen LogP contribution < -0.4 is 10.6 Å². The van der Waals surface area contributed by atoms with E-state index in [0.29, 0.717) is 5.82 Å². The van der Waals surface area contributed by atoms with E-state index in [9.17, 15) is 18.0 Å². The average Bonchev–Trinajstić information content (AvgIpc) is 2.46. The van der Waals surface area contributed by atoms with Crippen molar-refractivity contribution >= 4 is 29.0 Å². The molecule has 4 nitrogen and oxygen atoms in total. The number of nitrogens with zero attached hydrogens (tertiary/aromatic N) is 1. The van der Waals surface area contributed by atoms with Crippen molar-refractivity contribution in [2.75, 3.05) is 10.6 Å². The first kappa shape index (κ1) is 19.1. The molecule has 0 atom stereocenters. The van der Waals surface area contributed by atoms with E-state index >= 15 is 0 Å². The van der Waals surface area contributed by atoms with E-state index in [-0.39, 0.29) is 21.8 Å². The molecule has 25 heavy (non-hydrogen) atoms. The highest BCUT2D eigenvalue weighted by molar-refractivity contribution is 6.34. The van der Waals surface area contributed by atoms with E-state index in [0.717, 1.165) is 18.2 Å². The van der Waals surface area contributed by atoms with Crippen LogP contribution in [0.15, 0.2) is 36.5 Å². The Morgan fingerprint density at radius 3 is 2.40 bits per heavy atom. The van der Waals surface area contributed by atoms with Crippen LogP contribution in [0.4, 0.5) is 24.7 Å². The smallest absolute Gasteiger partial charge is 0.365 e. The third-order valence-corrected chi connectivity index (χ3v) is 3.40. The summed E-state index contributed by atoms with van der Waals surface area (Å²) in [6.45, 7) is 5.80. The number of anilines is 2. The summed E-state index contributed by atoms with van der Waals surface area (Å²) in [5, 5.41) is 5.53. The van der Waals surface area contributed by atoms with Gasteiger partial charge in [0.1, 0.15) is 5.82 Å². The van der Waals surface area contributed by atoms with Crippen LogP contribution >= 0.6 is 11.6 Å². The van der Waals surface area contributed by atoms with Gasteiger partial charge in [0.05, 0.1) is 16.3 Å². The molecule has 0 aliphatic carbocycles. The fourth-order valence-corrected chi connectivity index (χ4v) is 2.18. The number of halogens is 4. The predicted octanol–water partition coefficient (Wildman–Crippen LogP) is 5.22. The van der Waals surface area contributed by atoms with Crippen LogP contribution in [0.3, 0.4) is 0 Å². The van der Waals surface area contributed by atoms with Gasteiger partial charge >= 0.3 is 6.18 Å². The molecule has 0 saturated carbocycles. The second kappa shape index (κ2) is 6.92. The van der Waals surface area contributed by atoms with Gasteiger partial charge in [-0.1, -0.05) is 11.6 Å². The quantitative estimate of drug-likeness (QED) is 0.778. The van der Waals surface area contributed by atoms with Crippen LogP contribution in [0.25, 0.3) is 0 Å². The molecular formula is C17H17ClF3N3O. The molecular weight excluding hydrogens is 355 g/mol. The van der Waals surface area contributed by atoms with Gasteiger partial charge in [0.15, 0.2) is 0 Å². The number of carbonyl (C=O) groups is 1. The second-order valence-corrected chi connectivity index (χ2v) is 6.86. The summed E-state index contributed by atoms with van der Waals surface area (Å²) >= 11 is 5.89. The molecule has 0 unspecified atom stereocenters. The van der Waals surface area contributed by atoms with E-state index in [2.05, 4.69) is 15.6 Å². The Morgan fingerprint density at radius 1 is 1.12 bits per heavy atom. The van der Waals surface area contributed by atoms with Crippen molar-refractivity contribution < 1.29 is 18.0 Å². The highest BCUT2D eigenvalue weighted by Crippen LogP contribution is 2.34. The topological polar surface area (TPSA) is 54.0 Å². The highest BCUT2D eigenvalue weighted by atomic mass is 35.5. The maximum absolute atomic E-state index is 12.8. The average molecular weight is 372 g/mol. The summed E-state index contributed by atoms with van der Waals surface area (Å²) in [5.74, 6) is -0.101. The Balaban J connectivity index is 2.24. The number of alkyl halides is 3. The number of amides is 1. The molecule has 2 aromatic rings. The van der Waals surface area contributed by atoms with Crippen molar-refractivity contribution in [2.24, 2.45) is 0 Å². The lowest BCUT2D eigenvalue weighted by Gasteiger charge is -2.21. The first-order valence-corrected chi connectivity index (χ1v) is 7.76. The van der Waals surface area contributed by atoms with Crippen molar-refractivity contribution in [3.8, 4) is 0 Å². The molecule has 0 saturated heterocycles. The molecule has 8 heteroatoms. The Hall–Kier alpha value is -2.28. The molecule has 0 radical (unpaired) electrons. The van der Waals surface area contributed by atoms with Gasteiger partial charge in [-0.25, -0.2) is 4.98 Å². The number of benzene rings is 1. The number of carbonyl (C=O) groups excluding carboxylic acids is 1. The lowest BCUT2D eigenvalue weighted by Crippen LogP contribution is -2.27. The number of aromatic nitrogens is 1. The van der Waals surface area contributed by atoms with Crippen molar-refractivity contribution in [1.82, 2.24) is 4.98 Å². The number of pyridine rings is 1. The fourth-order valence-electron chi connectivity index (χ4n) is 2.02. The largest absolute Gasteiger partial charge is 0.416 e. The lowest BCUT2D eigenvalue weighted by atomic mass is 10.1. The zero-order chi connectivity index (χ0) is 18.8. The van der Waals surface area contributed by atoms with E-state index in [1.54, 1.807) is 0 Å². The van der Waals surface area contributed by atoms with Gasteiger partial charge in [0, 0.05) is 17.3 Å². The Bertz CT molecular complexity index is 785. The first-order valence-electron chi connectivity index (χ1n) is 7.38. The second-order valence-electron chi connectivity index (χ2n) is 6.45. The molecule has 0 spiro atoms. The highest BCUT2D eigenvalue weighted by Gasteiger charge is 2.31. The minimum absolute atomic E-state index is 0.0171. The van der Waals surface area contributed by atoms with Crippen LogP contribution in [-0.2, 0) is 6.18 Å². The van der Waals surface area contributed by atoms with Gasteiger partial charge in [-0.15, -0.1) is 0 Å². The standard InChI is InChI=1S/C17H17ClF3N3O/c1-16(2,3)24-14-8-10(6-7-22-14)15(25)23-13-9-11(17(19,20)21)4-5-12(13)18/h4-9H,1-3H3,(H,22,24)(H,23,25). The molecule has 2 N–H and O–H groups in total. The van der Waals surface area contributed by atoms with Crippen molar-refractivity contribution in [3.05, 3.63) is 52.7 Å². The first-order chi connectivity index (χ1) is 11.5. The number of hydrogen-bond acceptors (Lipinski definition) is 3. The zero-order valence-electron chi connectivity index (χ0n) is 13.8. The maximum atomic E-state index is 12.8. The minimum Gasteiger partial charge on any atom is -0.365 e. The Kier molecular flexibility index (Phi) is 5.27. The fraction of sp³-hybridized carbons (Fsp3) is 0.294. The summed E-state index contributed by atoms with van der Waals surface area (Å²) in [5.41, 5.74) is -1.01. The van der Waals surface area contributed by atoms with Gasteiger partial charge in [-0.2, -0.15) is 13.2 Å². The molecule has 0 fully saturated rings. The van der Waals surface area contributed by atoms with E-state index in [1.165, 1.54) is 18.3 Å². The van der Waals surface area contributed by atoms with Gasteiger partial charge in [0.25, 0.3) is 5.91 Å². The van der Waals surface area contributed by atoms with Gasteiger partial charge in [-0.3, -0.25) is 4.79 Å². The van der Waals surface area contributed by atoms with Crippen molar-refractivity contribution in [1.29, 1.82) is 0 Å². The van der Waals surface area contributed by atoms with E-state index in [1.807, 2.05) is 20.8 Å².